The van der Waals surface area contributed by atoms with E-state index in [-0.39, 0.29) is 22.9 Å². The molecule has 1 aromatic heterocycles. The average Bonchev–Trinajstić information content (AvgIpc) is 3.79. The summed E-state index contributed by atoms with van der Waals surface area (Å²) < 4.78 is 48.3. The average molecular weight is 636 g/mol. The minimum Gasteiger partial charge on any atom is -0.489 e. The highest BCUT2D eigenvalue weighted by Crippen LogP contribution is 2.35. The summed E-state index contributed by atoms with van der Waals surface area (Å²) in [5, 5.41) is 19.3. The third-order valence-corrected chi connectivity index (χ3v) is 8.01. The number of ether oxygens (including phenoxy) is 1. The van der Waals surface area contributed by atoms with Crippen LogP contribution in [0.3, 0.4) is 0 Å². The predicted molar refractivity (Wildman–Crippen MR) is 172 cm³/mol. The highest BCUT2D eigenvalue weighted by molar-refractivity contribution is 6.03. The van der Waals surface area contributed by atoms with Gasteiger partial charge in [0.1, 0.15) is 18.1 Å². The number of amides is 1. The number of carbonyl (C=O) groups is 1. The molecular weight excluding hydrogens is 603 g/mol. The maximum Gasteiger partial charge on any atom is 0.435 e. The van der Waals surface area contributed by atoms with Crippen molar-refractivity contribution in [3.05, 3.63) is 143 Å². The summed E-state index contributed by atoms with van der Waals surface area (Å²) in [6.07, 6.45) is -2.35. The SMILES string of the molecule is N#Cc1cccc(-n2nc(C(F)(F)F)cc2C(=O)Nc2cccc(C(CNCC3CC3)c3ccccc3OCc3ccccc3)c2)c1. The van der Waals surface area contributed by atoms with Gasteiger partial charge in [0.2, 0.25) is 0 Å². The molecule has 1 atom stereocenters. The van der Waals surface area contributed by atoms with Crippen molar-refractivity contribution in [2.75, 3.05) is 18.4 Å². The Bertz CT molecular complexity index is 1890. The van der Waals surface area contributed by atoms with Crippen LogP contribution in [0.4, 0.5) is 18.9 Å². The van der Waals surface area contributed by atoms with Gasteiger partial charge in [-0.25, -0.2) is 4.68 Å². The fourth-order valence-electron chi connectivity index (χ4n) is 5.41. The number of aromatic nitrogens is 2. The number of anilines is 1. The highest BCUT2D eigenvalue weighted by Gasteiger charge is 2.36. The lowest BCUT2D eigenvalue weighted by Crippen LogP contribution is -2.25. The molecule has 1 unspecified atom stereocenters. The molecule has 0 aliphatic heterocycles. The van der Waals surface area contributed by atoms with E-state index < -0.39 is 17.8 Å². The van der Waals surface area contributed by atoms with Crippen molar-refractivity contribution in [2.45, 2.75) is 31.5 Å². The molecule has 1 amide bonds. The van der Waals surface area contributed by atoms with E-state index >= 15 is 0 Å². The van der Waals surface area contributed by atoms with E-state index in [1.54, 1.807) is 12.1 Å². The summed E-state index contributed by atoms with van der Waals surface area (Å²) in [5.41, 5.74) is 2.17. The first-order chi connectivity index (χ1) is 22.8. The van der Waals surface area contributed by atoms with Gasteiger partial charge in [-0.2, -0.15) is 23.5 Å². The second-order valence-corrected chi connectivity index (χ2v) is 11.5. The van der Waals surface area contributed by atoms with Crippen molar-refractivity contribution in [3.63, 3.8) is 0 Å². The van der Waals surface area contributed by atoms with Crippen LogP contribution in [-0.4, -0.2) is 28.8 Å². The van der Waals surface area contributed by atoms with Crippen LogP contribution in [0.1, 0.15) is 57.2 Å². The molecule has 0 bridgehead atoms. The molecule has 1 heterocycles. The van der Waals surface area contributed by atoms with Crippen molar-refractivity contribution in [1.29, 1.82) is 5.26 Å². The van der Waals surface area contributed by atoms with Gasteiger partial charge in [-0.3, -0.25) is 4.79 Å². The van der Waals surface area contributed by atoms with Gasteiger partial charge in [-0.1, -0.05) is 66.7 Å². The zero-order valence-corrected chi connectivity index (χ0v) is 25.4. The number of halogens is 3. The molecule has 0 saturated heterocycles. The molecule has 4 aromatic carbocycles. The topological polar surface area (TPSA) is 92.0 Å². The molecule has 0 radical (unpaired) electrons. The van der Waals surface area contributed by atoms with Gasteiger partial charge < -0.3 is 15.4 Å². The Kier molecular flexibility index (Phi) is 9.36. The van der Waals surface area contributed by atoms with E-state index in [4.69, 9.17) is 4.74 Å². The zero-order valence-electron chi connectivity index (χ0n) is 25.4. The number of alkyl halides is 3. The molecular formula is C37H32F3N5O2. The van der Waals surface area contributed by atoms with Gasteiger partial charge in [-0.05, 0) is 72.8 Å². The number of nitrogens with zero attached hydrogens (tertiary/aromatic N) is 3. The lowest BCUT2D eigenvalue weighted by molar-refractivity contribution is -0.141. The summed E-state index contributed by atoms with van der Waals surface area (Å²) in [6.45, 7) is 1.93. The first-order valence-electron chi connectivity index (χ1n) is 15.3. The summed E-state index contributed by atoms with van der Waals surface area (Å²) >= 11 is 0. The molecule has 1 fully saturated rings. The monoisotopic (exact) mass is 635 g/mol. The van der Waals surface area contributed by atoms with Crippen LogP contribution in [0.25, 0.3) is 5.69 Å². The predicted octanol–water partition coefficient (Wildman–Crippen LogP) is 7.73. The standard InChI is InChI=1S/C37H32F3N5O2/c38-37(39,40)35-20-33(45(44-35)30-13-6-10-27(18-30)21-41)36(46)43-29-12-7-11-28(19-29)32(23-42-22-25-16-17-25)31-14-4-5-15-34(31)47-24-26-8-2-1-3-9-26/h1-15,18-20,25,32,42H,16-17,22-24H2,(H,43,46). The van der Waals surface area contributed by atoms with Gasteiger partial charge in [0.15, 0.2) is 5.69 Å². The van der Waals surface area contributed by atoms with Crippen molar-refractivity contribution in [1.82, 2.24) is 15.1 Å². The van der Waals surface area contributed by atoms with Crippen molar-refractivity contribution in [3.8, 4) is 17.5 Å². The number of carbonyl (C=O) groups excluding carboxylic acids is 1. The first-order valence-corrected chi connectivity index (χ1v) is 15.3. The zero-order chi connectivity index (χ0) is 32.8. The smallest absolute Gasteiger partial charge is 0.435 e. The Balaban J connectivity index is 1.29. The van der Waals surface area contributed by atoms with Crippen LogP contribution < -0.4 is 15.4 Å². The van der Waals surface area contributed by atoms with E-state index in [0.29, 0.717) is 30.8 Å². The lowest BCUT2D eigenvalue weighted by atomic mass is 9.90. The molecule has 238 valence electrons. The van der Waals surface area contributed by atoms with Gasteiger partial charge in [-0.15, -0.1) is 0 Å². The molecule has 47 heavy (non-hydrogen) atoms. The number of hydrogen-bond acceptors (Lipinski definition) is 5. The summed E-state index contributed by atoms with van der Waals surface area (Å²) in [4.78, 5) is 13.5. The van der Waals surface area contributed by atoms with Crippen LogP contribution in [0.15, 0.2) is 109 Å². The number of nitriles is 1. The fourth-order valence-corrected chi connectivity index (χ4v) is 5.41. The molecule has 5 aromatic rings. The van der Waals surface area contributed by atoms with Gasteiger partial charge in [0.05, 0.1) is 17.3 Å². The van der Waals surface area contributed by atoms with E-state index in [9.17, 15) is 23.2 Å². The van der Waals surface area contributed by atoms with Crippen molar-refractivity contribution < 1.29 is 22.7 Å². The molecule has 7 nitrogen and oxygen atoms in total. The minimum atomic E-state index is -4.77. The summed E-state index contributed by atoms with van der Waals surface area (Å²) in [6, 6.07) is 33.6. The Morgan fingerprint density at radius 3 is 2.49 bits per heavy atom. The Labute approximate surface area is 270 Å². The molecule has 2 N–H and O–H groups in total. The Morgan fingerprint density at radius 1 is 0.957 bits per heavy atom. The largest absolute Gasteiger partial charge is 0.489 e. The van der Waals surface area contributed by atoms with Crippen LogP contribution in [0, 0.1) is 17.2 Å². The molecule has 10 heteroatoms. The molecule has 1 saturated carbocycles. The fraction of sp³-hybridized carbons (Fsp3) is 0.216. The summed E-state index contributed by atoms with van der Waals surface area (Å²) in [5.74, 6) is 0.495. The minimum absolute atomic E-state index is 0.145. The normalized spacial score (nSPS) is 13.5. The van der Waals surface area contributed by atoms with E-state index in [1.165, 1.54) is 37.1 Å². The van der Waals surface area contributed by atoms with E-state index in [1.807, 2.05) is 72.8 Å². The van der Waals surface area contributed by atoms with E-state index in [2.05, 4.69) is 15.7 Å². The first kappa shape index (κ1) is 31.6. The maximum absolute atomic E-state index is 13.7. The van der Waals surface area contributed by atoms with Gasteiger partial charge in [0, 0.05) is 29.8 Å². The Hall–Kier alpha value is -5.40. The number of nitrogens with one attached hydrogen (secondary N) is 2. The van der Waals surface area contributed by atoms with Crippen LogP contribution in [0.5, 0.6) is 5.75 Å². The third-order valence-electron chi connectivity index (χ3n) is 8.01. The molecule has 1 aliphatic carbocycles. The van der Waals surface area contributed by atoms with E-state index in [0.717, 1.165) is 33.7 Å². The highest BCUT2D eigenvalue weighted by atomic mass is 19.4. The maximum atomic E-state index is 13.7. The number of para-hydroxylation sites is 1. The van der Waals surface area contributed by atoms with Gasteiger partial charge in [0.25, 0.3) is 5.91 Å². The Morgan fingerprint density at radius 2 is 1.72 bits per heavy atom. The molecule has 6 rings (SSSR count). The number of rotatable bonds is 12. The van der Waals surface area contributed by atoms with Crippen LogP contribution in [0.2, 0.25) is 0 Å². The van der Waals surface area contributed by atoms with Crippen molar-refractivity contribution >= 4 is 11.6 Å². The molecule has 1 aliphatic rings. The van der Waals surface area contributed by atoms with Crippen LogP contribution >= 0.6 is 0 Å². The van der Waals surface area contributed by atoms with Gasteiger partial charge >= 0.3 is 6.18 Å². The summed E-state index contributed by atoms with van der Waals surface area (Å²) in [7, 11) is 0. The quantitative estimate of drug-likeness (QED) is 0.146. The second-order valence-electron chi connectivity index (χ2n) is 11.5. The number of benzene rings is 4. The van der Waals surface area contributed by atoms with Crippen molar-refractivity contribution in [2.24, 2.45) is 5.92 Å². The number of hydrogen-bond donors (Lipinski definition) is 2. The lowest BCUT2D eigenvalue weighted by Gasteiger charge is -2.23. The molecule has 0 spiro atoms. The second kappa shape index (κ2) is 13.9. The van der Waals surface area contributed by atoms with Crippen LogP contribution in [-0.2, 0) is 12.8 Å². The third kappa shape index (κ3) is 7.88.